The third-order valence-electron chi connectivity index (χ3n) is 3.96. The lowest BCUT2D eigenvalue weighted by Gasteiger charge is -2.18. The normalized spacial score (nSPS) is 10.9. The van der Waals surface area contributed by atoms with Crippen molar-refractivity contribution in [2.45, 2.75) is 66.0 Å². The standard InChI is InChI=1S/C19H31NO2/c1-4-7-8-9-10-19(21)22-16-18-13-11-17(12-14-18)15-20(5-2)6-3/h11-14H,4-10,15-16H2,1-3H3. The summed E-state index contributed by atoms with van der Waals surface area (Å²) in [5.74, 6) is -0.0803. The molecule has 0 bridgehead atoms. The summed E-state index contributed by atoms with van der Waals surface area (Å²) in [5, 5.41) is 0. The number of unbranched alkanes of at least 4 members (excludes halogenated alkanes) is 3. The molecular weight excluding hydrogens is 274 g/mol. The molecule has 0 unspecified atom stereocenters. The van der Waals surface area contributed by atoms with Crippen molar-refractivity contribution in [1.29, 1.82) is 0 Å². The third kappa shape index (κ3) is 7.60. The number of hydrogen-bond acceptors (Lipinski definition) is 3. The van der Waals surface area contributed by atoms with Crippen LogP contribution in [0.15, 0.2) is 24.3 Å². The van der Waals surface area contributed by atoms with Crippen LogP contribution in [-0.4, -0.2) is 24.0 Å². The molecule has 0 saturated carbocycles. The van der Waals surface area contributed by atoms with Gasteiger partial charge < -0.3 is 4.74 Å². The van der Waals surface area contributed by atoms with Crippen molar-refractivity contribution < 1.29 is 9.53 Å². The van der Waals surface area contributed by atoms with Crippen LogP contribution in [-0.2, 0) is 22.7 Å². The second-order valence-electron chi connectivity index (χ2n) is 5.75. The number of carbonyl (C=O) groups excluding carboxylic acids is 1. The molecule has 0 aliphatic rings. The highest BCUT2D eigenvalue weighted by Gasteiger charge is 2.04. The molecule has 3 heteroatoms. The molecule has 22 heavy (non-hydrogen) atoms. The zero-order valence-corrected chi connectivity index (χ0v) is 14.4. The van der Waals surface area contributed by atoms with Gasteiger partial charge in [0.15, 0.2) is 0 Å². The Hall–Kier alpha value is -1.35. The smallest absolute Gasteiger partial charge is 0.306 e. The second kappa shape index (κ2) is 11.2. The maximum absolute atomic E-state index is 11.6. The van der Waals surface area contributed by atoms with E-state index in [1.54, 1.807) is 0 Å². The zero-order chi connectivity index (χ0) is 16.2. The fourth-order valence-corrected chi connectivity index (χ4v) is 2.38. The lowest BCUT2D eigenvalue weighted by Crippen LogP contribution is -2.22. The Morgan fingerprint density at radius 2 is 1.59 bits per heavy atom. The van der Waals surface area contributed by atoms with Crippen molar-refractivity contribution in [1.82, 2.24) is 4.90 Å². The van der Waals surface area contributed by atoms with Crippen molar-refractivity contribution in [3.8, 4) is 0 Å². The van der Waals surface area contributed by atoms with E-state index in [0.29, 0.717) is 13.0 Å². The van der Waals surface area contributed by atoms with Crippen LogP contribution >= 0.6 is 0 Å². The Kier molecular flexibility index (Phi) is 9.56. The van der Waals surface area contributed by atoms with Crippen molar-refractivity contribution in [3.63, 3.8) is 0 Å². The van der Waals surface area contributed by atoms with Gasteiger partial charge in [0, 0.05) is 13.0 Å². The molecule has 124 valence electrons. The van der Waals surface area contributed by atoms with E-state index in [1.165, 1.54) is 18.4 Å². The van der Waals surface area contributed by atoms with Crippen molar-refractivity contribution in [3.05, 3.63) is 35.4 Å². The highest BCUT2D eigenvalue weighted by atomic mass is 16.5. The van der Waals surface area contributed by atoms with Gasteiger partial charge in [-0.1, -0.05) is 64.3 Å². The number of rotatable bonds is 11. The van der Waals surface area contributed by atoms with Crippen LogP contribution in [0.3, 0.4) is 0 Å². The first-order valence-corrected chi connectivity index (χ1v) is 8.65. The molecule has 0 spiro atoms. The number of hydrogen-bond donors (Lipinski definition) is 0. The van der Waals surface area contributed by atoms with Crippen LogP contribution in [0.2, 0.25) is 0 Å². The van der Waals surface area contributed by atoms with E-state index < -0.39 is 0 Å². The van der Waals surface area contributed by atoms with Gasteiger partial charge in [-0.3, -0.25) is 9.69 Å². The second-order valence-corrected chi connectivity index (χ2v) is 5.75. The largest absolute Gasteiger partial charge is 0.461 e. The Labute approximate surface area is 135 Å². The first kappa shape index (κ1) is 18.7. The molecule has 1 aromatic carbocycles. The highest BCUT2D eigenvalue weighted by Crippen LogP contribution is 2.10. The van der Waals surface area contributed by atoms with Gasteiger partial charge in [0.25, 0.3) is 0 Å². The Morgan fingerprint density at radius 3 is 2.18 bits per heavy atom. The summed E-state index contributed by atoms with van der Waals surface area (Å²) < 4.78 is 5.32. The molecule has 0 N–H and O–H groups in total. The fraction of sp³-hybridized carbons (Fsp3) is 0.632. The summed E-state index contributed by atoms with van der Waals surface area (Å²) in [5.41, 5.74) is 2.36. The van der Waals surface area contributed by atoms with Crippen molar-refractivity contribution in [2.24, 2.45) is 0 Å². The Morgan fingerprint density at radius 1 is 0.955 bits per heavy atom. The minimum absolute atomic E-state index is 0.0803. The van der Waals surface area contributed by atoms with Crippen molar-refractivity contribution >= 4 is 5.97 Å². The van der Waals surface area contributed by atoms with E-state index in [0.717, 1.165) is 38.0 Å². The van der Waals surface area contributed by atoms with E-state index in [1.807, 2.05) is 0 Å². The summed E-state index contributed by atoms with van der Waals surface area (Å²) in [7, 11) is 0. The predicted molar refractivity (Wildman–Crippen MR) is 91.6 cm³/mol. The molecule has 0 radical (unpaired) electrons. The highest BCUT2D eigenvalue weighted by molar-refractivity contribution is 5.69. The van der Waals surface area contributed by atoms with Gasteiger partial charge in [-0.25, -0.2) is 0 Å². The van der Waals surface area contributed by atoms with E-state index in [9.17, 15) is 4.79 Å². The van der Waals surface area contributed by atoms with Gasteiger partial charge in [0.05, 0.1) is 0 Å². The lowest BCUT2D eigenvalue weighted by atomic mass is 10.1. The van der Waals surface area contributed by atoms with Crippen LogP contribution in [0.25, 0.3) is 0 Å². The average Bonchev–Trinajstić information content (AvgIpc) is 2.55. The number of ether oxygens (including phenoxy) is 1. The van der Waals surface area contributed by atoms with Gasteiger partial charge in [-0.2, -0.15) is 0 Å². The Balaban J connectivity index is 2.30. The number of carbonyl (C=O) groups is 1. The van der Waals surface area contributed by atoms with Crippen LogP contribution < -0.4 is 0 Å². The molecule has 0 fully saturated rings. The SMILES string of the molecule is CCCCCCC(=O)OCc1ccc(CN(CC)CC)cc1. The van der Waals surface area contributed by atoms with E-state index in [4.69, 9.17) is 4.74 Å². The maximum atomic E-state index is 11.6. The van der Waals surface area contributed by atoms with E-state index >= 15 is 0 Å². The summed E-state index contributed by atoms with van der Waals surface area (Å²) in [4.78, 5) is 14.0. The average molecular weight is 305 g/mol. The lowest BCUT2D eigenvalue weighted by molar-refractivity contribution is -0.145. The zero-order valence-electron chi connectivity index (χ0n) is 14.4. The fourth-order valence-electron chi connectivity index (χ4n) is 2.38. The molecule has 0 atom stereocenters. The van der Waals surface area contributed by atoms with Gasteiger partial charge in [-0.05, 0) is 30.6 Å². The molecule has 0 aromatic heterocycles. The van der Waals surface area contributed by atoms with Crippen LogP contribution in [0.1, 0.15) is 64.0 Å². The molecule has 0 saturated heterocycles. The van der Waals surface area contributed by atoms with Crippen LogP contribution in [0, 0.1) is 0 Å². The van der Waals surface area contributed by atoms with E-state index in [2.05, 4.69) is 49.9 Å². The summed E-state index contributed by atoms with van der Waals surface area (Å²) in [6.07, 6.45) is 4.98. The Bertz CT molecular complexity index is 410. The first-order valence-electron chi connectivity index (χ1n) is 8.65. The first-order chi connectivity index (χ1) is 10.7. The monoisotopic (exact) mass is 305 g/mol. The summed E-state index contributed by atoms with van der Waals surface area (Å²) >= 11 is 0. The van der Waals surface area contributed by atoms with E-state index in [-0.39, 0.29) is 5.97 Å². The molecule has 0 heterocycles. The van der Waals surface area contributed by atoms with Crippen molar-refractivity contribution in [2.75, 3.05) is 13.1 Å². The molecule has 1 rings (SSSR count). The molecule has 0 aliphatic carbocycles. The summed E-state index contributed by atoms with van der Waals surface area (Å²) in [6.45, 7) is 10.0. The van der Waals surface area contributed by atoms with Gasteiger partial charge >= 0.3 is 5.97 Å². The summed E-state index contributed by atoms with van der Waals surface area (Å²) in [6, 6.07) is 8.37. The van der Waals surface area contributed by atoms with Crippen LogP contribution in [0.4, 0.5) is 0 Å². The number of nitrogens with zero attached hydrogens (tertiary/aromatic N) is 1. The van der Waals surface area contributed by atoms with Crippen LogP contribution in [0.5, 0.6) is 0 Å². The maximum Gasteiger partial charge on any atom is 0.306 e. The van der Waals surface area contributed by atoms with Gasteiger partial charge in [0.1, 0.15) is 6.61 Å². The number of benzene rings is 1. The quantitative estimate of drug-likeness (QED) is 0.444. The minimum atomic E-state index is -0.0803. The topological polar surface area (TPSA) is 29.5 Å². The number of esters is 1. The molecule has 1 aromatic rings. The molecule has 0 amide bonds. The third-order valence-corrected chi connectivity index (χ3v) is 3.96. The van der Waals surface area contributed by atoms with Gasteiger partial charge in [-0.15, -0.1) is 0 Å². The van der Waals surface area contributed by atoms with Gasteiger partial charge in [0.2, 0.25) is 0 Å². The minimum Gasteiger partial charge on any atom is -0.461 e. The molecule has 3 nitrogen and oxygen atoms in total. The molecular formula is C19H31NO2. The molecule has 0 aliphatic heterocycles. The predicted octanol–water partition coefficient (Wildman–Crippen LogP) is 4.54.